The molecule has 0 radical (unpaired) electrons. The van der Waals surface area contributed by atoms with Gasteiger partial charge in [0.15, 0.2) is 0 Å². The Morgan fingerprint density at radius 2 is 2.30 bits per heavy atom. The van der Waals surface area contributed by atoms with Gasteiger partial charge in [0, 0.05) is 24.7 Å². The van der Waals surface area contributed by atoms with Crippen molar-refractivity contribution in [1.82, 2.24) is 4.90 Å². The van der Waals surface area contributed by atoms with Gasteiger partial charge in [-0.3, -0.25) is 4.90 Å². The van der Waals surface area contributed by atoms with Crippen LogP contribution in [0.15, 0.2) is 18.2 Å². The van der Waals surface area contributed by atoms with E-state index in [0.29, 0.717) is 29.0 Å². The molecule has 4 nitrogen and oxygen atoms in total. The summed E-state index contributed by atoms with van der Waals surface area (Å²) in [6, 6.07) is 5.88. The first-order valence-corrected chi connectivity index (χ1v) is 7.36. The number of halogens is 1. The van der Waals surface area contributed by atoms with Crippen molar-refractivity contribution in [2.45, 2.75) is 32.6 Å². The van der Waals surface area contributed by atoms with Crippen LogP contribution in [-0.2, 0) is 11.3 Å². The van der Waals surface area contributed by atoms with E-state index in [-0.39, 0.29) is 12.7 Å². The van der Waals surface area contributed by atoms with Gasteiger partial charge in [-0.15, -0.1) is 0 Å². The van der Waals surface area contributed by atoms with Crippen molar-refractivity contribution in [3.05, 3.63) is 28.8 Å². The number of morpholine rings is 1. The summed E-state index contributed by atoms with van der Waals surface area (Å²) in [5.41, 5.74) is 0.703. The quantitative estimate of drug-likeness (QED) is 0.906. The van der Waals surface area contributed by atoms with Gasteiger partial charge in [-0.1, -0.05) is 23.7 Å². The molecule has 5 heteroatoms. The number of aliphatic hydroxyl groups excluding tert-OH is 1. The Labute approximate surface area is 125 Å². The lowest BCUT2D eigenvalue weighted by Crippen LogP contribution is -2.47. The van der Waals surface area contributed by atoms with Crippen molar-refractivity contribution >= 4 is 11.6 Å². The average molecular weight is 300 g/mol. The minimum Gasteiger partial charge on any atom is -0.489 e. The molecule has 0 saturated carbocycles. The largest absolute Gasteiger partial charge is 0.489 e. The van der Waals surface area contributed by atoms with Gasteiger partial charge >= 0.3 is 0 Å². The van der Waals surface area contributed by atoms with Gasteiger partial charge in [0.1, 0.15) is 18.5 Å². The van der Waals surface area contributed by atoms with Crippen LogP contribution in [0.2, 0.25) is 5.02 Å². The van der Waals surface area contributed by atoms with E-state index < -0.39 is 0 Å². The summed E-state index contributed by atoms with van der Waals surface area (Å²) in [5, 5.41) is 9.84. The molecule has 1 fully saturated rings. The summed E-state index contributed by atoms with van der Waals surface area (Å²) in [7, 11) is 0. The van der Waals surface area contributed by atoms with Crippen LogP contribution in [0.5, 0.6) is 5.75 Å². The van der Waals surface area contributed by atoms with Gasteiger partial charge in [0.05, 0.1) is 18.2 Å². The second-order valence-electron chi connectivity index (χ2n) is 5.28. The molecule has 1 N–H and O–H groups in total. The molecule has 1 aliphatic rings. The van der Waals surface area contributed by atoms with E-state index in [1.807, 2.05) is 6.07 Å². The van der Waals surface area contributed by atoms with Crippen LogP contribution in [-0.4, -0.2) is 48.5 Å². The smallest absolute Gasteiger partial charge is 0.143 e. The summed E-state index contributed by atoms with van der Waals surface area (Å²) >= 11 is 6.12. The van der Waals surface area contributed by atoms with Crippen LogP contribution >= 0.6 is 11.6 Å². The lowest BCUT2D eigenvalue weighted by Gasteiger charge is -2.35. The van der Waals surface area contributed by atoms with Crippen LogP contribution in [0.4, 0.5) is 0 Å². The van der Waals surface area contributed by atoms with Crippen molar-refractivity contribution in [3.63, 3.8) is 0 Å². The first kappa shape index (κ1) is 15.6. The van der Waals surface area contributed by atoms with Gasteiger partial charge in [0.25, 0.3) is 0 Å². The third-order valence-corrected chi connectivity index (χ3v) is 3.83. The lowest BCUT2D eigenvalue weighted by molar-refractivity contribution is -0.0566. The van der Waals surface area contributed by atoms with E-state index in [2.05, 4.69) is 18.7 Å². The van der Waals surface area contributed by atoms with Crippen LogP contribution in [0.1, 0.15) is 19.4 Å². The Balaban J connectivity index is 1.95. The fourth-order valence-electron chi connectivity index (χ4n) is 2.33. The highest BCUT2D eigenvalue weighted by Crippen LogP contribution is 2.29. The van der Waals surface area contributed by atoms with Crippen molar-refractivity contribution in [1.29, 1.82) is 0 Å². The molecular formula is C15H22ClNO3. The second kappa shape index (κ2) is 7.27. The number of hydrogen-bond acceptors (Lipinski definition) is 4. The zero-order valence-corrected chi connectivity index (χ0v) is 12.8. The summed E-state index contributed by atoms with van der Waals surface area (Å²) in [4.78, 5) is 2.37. The summed E-state index contributed by atoms with van der Waals surface area (Å²) < 4.78 is 11.5. The molecule has 1 heterocycles. The number of hydrogen-bond donors (Lipinski definition) is 1. The molecule has 0 spiro atoms. The molecule has 2 rings (SSSR count). The van der Waals surface area contributed by atoms with Crippen LogP contribution in [0, 0.1) is 0 Å². The second-order valence-corrected chi connectivity index (χ2v) is 5.69. The molecule has 1 aliphatic heterocycles. The summed E-state index contributed by atoms with van der Waals surface area (Å²) in [6.45, 7) is 7.27. The molecular weight excluding hydrogens is 278 g/mol. The average Bonchev–Trinajstić information content (AvgIpc) is 2.46. The summed E-state index contributed by atoms with van der Waals surface area (Å²) in [6.07, 6.45) is 0.0361. The topological polar surface area (TPSA) is 41.9 Å². The Morgan fingerprint density at radius 3 is 3.00 bits per heavy atom. The molecule has 20 heavy (non-hydrogen) atoms. The third-order valence-electron chi connectivity index (χ3n) is 3.53. The number of para-hydroxylation sites is 1. The van der Waals surface area contributed by atoms with Gasteiger partial charge < -0.3 is 14.6 Å². The van der Waals surface area contributed by atoms with E-state index in [9.17, 15) is 5.11 Å². The van der Waals surface area contributed by atoms with Crippen molar-refractivity contribution in [2.75, 3.05) is 26.3 Å². The standard InChI is InChI=1S/C15H22ClNO3/c1-11(2)17-6-7-19-13(8-17)10-20-15-12(9-18)4-3-5-14(15)16/h3-5,11,13,18H,6-10H2,1-2H3. The monoisotopic (exact) mass is 299 g/mol. The number of benzene rings is 1. The van der Waals surface area contributed by atoms with E-state index in [4.69, 9.17) is 21.1 Å². The zero-order chi connectivity index (χ0) is 14.5. The summed E-state index contributed by atoms with van der Waals surface area (Å²) in [5.74, 6) is 0.557. The van der Waals surface area contributed by atoms with Crippen LogP contribution in [0.25, 0.3) is 0 Å². The number of ether oxygens (including phenoxy) is 2. The Hall–Kier alpha value is -0.810. The van der Waals surface area contributed by atoms with Gasteiger partial charge in [-0.2, -0.15) is 0 Å². The molecule has 1 aromatic carbocycles. The van der Waals surface area contributed by atoms with E-state index in [1.54, 1.807) is 12.1 Å². The molecule has 0 amide bonds. The molecule has 1 unspecified atom stereocenters. The van der Waals surface area contributed by atoms with Crippen molar-refractivity contribution in [2.24, 2.45) is 0 Å². The fourth-order valence-corrected chi connectivity index (χ4v) is 2.58. The molecule has 1 saturated heterocycles. The highest BCUT2D eigenvalue weighted by atomic mass is 35.5. The lowest BCUT2D eigenvalue weighted by atomic mass is 10.2. The maximum absolute atomic E-state index is 9.32. The van der Waals surface area contributed by atoms with E-state index in [0.717, 1.165) is 19.7 Å². The maximum atomic E-state index is 9.32. The zero-order valence-electron chi connectivity index (χ0n) is 12.0. The molecule has 0 aliphatic carbocycles. The Kier molecular flexibility index (Phi) is 5.66. The van der Waals surface area contributed by atoms with Crippen LogP contribution < -0.4 is 4.74 Å². The molecule has 0 aromatic heterocycles. The van der Waals surface area contributed by atoms with Crippen LogP contribution in [0.3, 0.4) is 0 Å². The number of rotatable bonds is 5. The minimum atomic E-state index is -0.0838. The molecule has 112 valence electrons. The van der Waals surface area contributed by atoms with Gasteiger partial charge in [0.2, 0.25) is 0 Å². The van der Waals surface area contributed by atoms with E-state index in [1.165, 1.54) is 0 Å². The van der Waals surface area contributed by atoms with Gasteiger partial charge in [-0.05, 0) is 19.9 Å². The minimum absolute atomic E-state index is 0.0361. The molecule has 1 aromatic rings. The predicted octanol–water partition coefficient (Wildman–Crippen LogP) is 2.32. The highest BCUT2D eigenvalue weighted by Gasteiger charge is 2.23. The molecule has 1 atom stereocenters. The fraction of sp³-hybridized carbons (Fsp3) is 0.600. The maximum Gasteiger partial charge on any atom is 0.143 e. The third kappa shape index (κ3) is 3.85. The van der Waals surface area contributed by atoms with Crippen molar-refractivity contribution < 1.29 is 14.6 Å². The molecule has 0 bridgehead atoms. The van der Waals surface area contributed by atoms with Gasteiger partial charge in [-0.25, -0.2) is 0 Å². The van der Waals surface area contributed by atoms with Crippen molar-refractivity contribution in [3.8, 4) is 5.75 Å². The highest BCUT2D eigenvalue weighted by molar-refractivity contribution is 6.32. The normalized spacial score (nSPS) is 20.4. The first-order chi connectivity index (χ1) is 9.61. The number of aliphatic hydroxyl groups is 1. The van der Waals surface area contributed by atoms with E-state index >= 15 is 0 Å². The Bertz CT molecular complexity index is 439. The predicted molar refractivity (Wildman–Crippen MR) is 79.3 cm³/mol. The Morgan fingerprint density at radius 1 is 1.50 bits per heavy atom. The SMILES string of the molecule is CC(C)N1CCOC(COc2c(Cl)cccc2CO)C1. The first-order valence-electron chi connectivity index (χ1n) is 6.98. The number of nitrogens with zero attached hydrogens (tertiary/aromatic N) is 1.